The second-order valence-electron chi connectivity index (χ2n) is 10.3. The maximum Gasteiger partial charge on any atom is 0.297 e. The summed E-state index contributed by atoms with van der Waals surface area (Å²) in [6.07, 6.45) is 3.16. The van der Waals surface area contributed by atoms with Gasteiger partial charge in [0, 0.05) is 6.61 Å². The molecular weight excluding hydrogens is 640 g/mol. The SMILES string of the molecule is Cc1ccc(S(=O)(=O)OCCOCCOCCOCCOCCOCCOCCOCCOCCOCCOC2CCCCO2)cc1. The van der Waals surface area contributed by atoms with Crippen molar-refractivity contribution >= 4 is 10.1 Å². The first-order valence-corrected chi connectivity index (χ1v) is 17.9. The van der Waals surface area contributed by atoms with Crippen molar-refractivity contribution in [3.8, 4) is 0 Å². The smallest absolute Gasteiger partial charge is 0.297 e. The van der Waals surface area contributed by atoms with Crippen LogP contribution in [0.3, 0.4) is 0 Å². The average Bonchev–Trinajstić information content (AvgIpc) is 3.08. The van der Waals surface area contributed by atoms with E-state index in [4.69, 9.17) is 56.3 Å². The van der Waals surface area contributed by atoms with Crippen LogP contribution < -0.4 is 0 Å². The van der Waals surface area contributed by atoms with Gasteiger partial charge in [-0.1, -0.05) is 17.7 Å². The van der Waals surface area contributed by atoms with E-state index in [1.54, 1.807) is 12.1 Å². The van der Waals surface area contributed by atoms with Crippen molar-refractivity contribution in [3.05, 3.63) is 29.8 Å². The summed E-state index contributed by atoms with van der Waals surface area (Å²) in [6.45, 7) is 11.3. The minimum atomic E-state index is -3.77. The van der Waals surface area contributed by atoms with Crippen molar-refractivity contribution < 1.29 is 64.7 Å². The molecule has 2 rings (SSSR count). The van der Waals surface area contributed by atoms with E-state index in [9.17, 15) is 8.42 Å². The van der Waals surface area contributed by atoms with Crippen LogP contribution in [-0.4, -0.2) is 153 Å². The molecule has 14 nitrogen and oxygen atoms in total. The molecule has 1 aromatic rings. The maximum atomic E-state index is 12.1. The molecule has 47 heavy (non-hydrogen) atoms. The third-order valence-corrected chi connectivity index (χ3v) is 7.75. The molecule has 0 spiro atoms. The van der Waals surface area contributed by atoms with E-state index in [-0.39, 0.29) is 24.4 Å². The zero-order chi connectivity index (χ0) is 33.5. The molecule has 0 bridgehead atoms. The van der Waals surface area contributed by atoms with Gasteiger partial charge in [0.1, 0.15) is 0 Å². The van der Waals surface area contributed by atoms with E-state index in [1.807, 2.05) is 6.92 Å². The lowest BCUT2D eigenvalue weighted by Crippen LogP contribution is -2.24. The minimum Gasteiger partial charge on any atom is -0.377 e. The van der Waals surface area contributed by atoms with Crippen molar-refractivity contribution in [2.45, 2.75) is 37.4 Å². The fourth-order valence-electron chi connectivity index (χ4n) is 3.92. The highest BCUT2D eigenvalue weighted by atomic mass is 32.2. The average molecular weight is 697 g/mol. The standard InChI is InChI=1S/C32H56O14S/c1-30-5-7-31(8-6-30)47(33,34)46-29-27-43-25-23-41-21-19-39-17-15-37-13-11-35-10-12-36-14-16-38-18-20-40-22-24-42-26-28-45-32-4-2-3-9-44-32/h5-8,32H,2-4,9-29H2,1H3. The van der Waals surface area contributed by atoms with Crippen molar-refractivity contribution in [3.63, 3.8) is 0 Å². The molecule has 15 heteroatoms. The zero-order valence-corrected chi connectivity index (χ0v) is 28.8. The second kappa shape index (κ2) is 29.6. The molecule has 0 aliphatic carbocycles. The molecule has 1 aliphatic rings. The summed E-state index contributed by atoms with van der Waals surface area (Å²) in [7, 11) is -3.77. The summed E-state index contributed by atoms with van der Waals surface area (Å²) in [5.41, 5.74) is 0.976. The molecule has 1 fully saturated rings. The van der Waals surface area contributed by atoms with Crippen LogP contribution in [0.15, 0.2) is 29.2 Å². The van der Waals surface area contributed by atoms with Crippen molar-refractivity contribution in [2.24, 2.45) is 0 Å². The highest BCUT2D eigenvalue weighted by molar-refractivity contribution is 7.86. The Bertz CT molecular complexity index is 928. The van der Waals surface area contributed by atoms with E-state index in [0.29, 0.717) is 119 Å². The maximum absolute atomic E-state index is 12.1. The summed E-state index contributed by atoms with van der Waals surface area (Å²) in [6, 6.07) is 6.48. The highest BCUT2D eigenvalue weighted by Crippen LogP contribution is 2.14. The fourth-order valence-corrected chi connectivity index (χ4v) is 4.81. The molecule has 1 aliphatic heterocycles. The van der Waals surface area contributed by atoms with Crippen LogP contribution in [0.4, 0.5) is 0 Å². The quantitative estimate of drug-likeness (QED) is 0.0783. The van der Waals surface area contributed by atoms with Gasteiger partial charge in [-0.25, -0.2) is 0 Å². The number of ether oxygens (including phenoxy) is 11. The van der Waals surface area contributed by atoms with Gasteiger partial charge in [0.25, 0.3) is 10.1 Å². The van der Waals surface area contributed by atoms with Gasteiger partial charge >= 0.3 is 0 Å². The van der Waals surface area contributed by atoms with Crippen LogP contribution >= 0.6 is 0 Å². The first-order chi connectivity index (χ1) is 23.1. The Kier molecular flexibility index (Phi) is 26.4. The van der Waals surface area contributed by atoms with Crippen molar-refractivity contribution in [1.29, 1.82) is 0 Å². The van der Waals surface area contributed by atoms with E-state index >= 15 is 0 Å². The van der Waals surface area contributed by atoms with Crippen LogP contribution in [-0.2, 0) is 66.4 Å². The zero-order valence-electron chi connectivity index (χ0n) is 28.0. The number of benzene rings is 1. The number of hydrogen-bond donors (Lipinski definition) is 0. The monoisotopic (exact) mass is 696 g/mol. The van der Waals surface area contributed by atoms with Crippen LogP contribution in [0.2, 0.25) is 0 Å². The number of hydrogen-bond acceptors (Lipinski definition) is 14. The van der Waals surface area contributed by atoms with Crippen LogP contribution in [0.25, 0.3) is 0 Å². The van der Waals surface area contributed by atoms with Gasteiger partial charge in [-0.2, -0.15) is 8.42 Å². The summed E-state index contributed by atoms with van der Waals surface area (Å²) >= 11 is 0. The Balaban J connectivity index is 1.17. The number of rotatable bonds is 33. The van der Waals surface area contributed by atoms with E-state index in [0.717, 1.165) is 31.4 Å². The first kappa shape index (κ1) is 41.9. The van der Waals surface area contributed by atoms with Gasteiger partial charge < -0.3 is 52.1 Å². The summed E-state index contributed by atoms with van der Waals surface area (Å²) in [5.74, 6) is 0. The van der Waals surface area contributed by atoms with Crippen LogP contribution in [0.1, 0.15) is 24.8 Å². The van der Waals surface area contributed by atoms with E-state index < -0.39 is 10.1 Å². The molecule has 1 unspecified atom stereocenters. The lowest BCUT2D eigenvalue weighted by Gasteiger charge is -2.22. The largest absolute Gasteiger partial charge is 0.377 e. The molecular formula is C32H56O14S. The Hall–Kier alpha value is -1.31. The van der Waals surface area contributed by atoms with Gasteiger partial charge in [0.15, 0.2) is 6.29 Å². The predicted molar refractivity (Wildman–Crippen MR) is 171 cm³/mol. The van der Waals surface area contributed by atoms with Crippen molar-refractivity contribution in [2.75, 3.05) is 139 Å². The van der Waals surface area contributed by atoms with Gasteiger partial charge in [-0.05, 0) is 38.3 Å². The first-order valence-electron chi connectivity index (χ1n) is 16.5. The van der Waals surface area contributed by atoms with E-state index in [2.05, 4.69) is 0 Å². The molecule has 0 N–H and O–H groups in total. The normalized spacial score (nSPS) is 15.4. The Morgan fingerprint density at radius 1 is 0.532 bits per heavy atom. The van der Waals surface area contributed by atoms with Gasteiger partial charge in [0.05, 0.1) is 137 Å². The third kappa shape index (κ3) is 24.5. The summed E-state index contributed by atoms with van der Waals surface area (Å²) in [5, 5.41) is 0. The Morgan fingerprint density at radius 3 is 1.26 bits per heavy atom. The molecule has 1 saturated heterocycles. The predicted octanol–water partition coefficient (Wildman–Crippen LogP) is 2.39. The highest BCUT2D eigenvalue weighted by Gasteiger charge is 2.15. The fraction of sp³-hybridized carbons (Fsp3) is 0.812. The van der Waals surface area contributed by atoms with Crippen LogP contribution in [0.5, 0.6) is 0 Å². The number of aryl methyl sites for hydroxylation is 1. The molecule has 0 radical (unpaired) electrons. The molecule has 274 valence electrons. The Morgan fingerprint density at radius 2 is 0.894 bits per heavy atom. The van der Waals surface area contributed by atoms with Crippen molar-refractivity contribution in [1.82, 2.24) is 0 Å². The molecule has 1 atom stereocenters. The molecule has 0 aromatic heterocycles. The topological polar surface area (TPSA) is 145 Å². The van der Waals surface area contributed by atoms with Gasteiger partial charge in [-0.3, -0.25) is 4.18 Å². The molecule has 1 heterocycles. The summed E-state index contributed by atoms with van der Waals surface area (Å²) < 4.78 is 89.3. The summed E-state index contributed by atoms with van der Waals surface area (Å²) in [4.78, 5) is 0.129. The van der Waals surface area contributed by atoms with Gasteiger partial charge in [-0.15, -0.1) is 0 Å². The Labute approximate surface area is 280 Å². The van der Waals surface area contributed by atoms with Crippen LogP contribution in [0, 0.1) is 6.92 Å². The molecule has 1 aromatic carbocycles. The lowest BCUT2D eigenvalue weighted by molar-refractivity contribution is -0.169. The second-order valence-corrected chi connectivity index (χ2v) is 11.9. The lowest BCUT2D eigenvalue weighted by atomic mass is 10.2. The molecule has 0 saturated carbocycles. The van der Waals surface area contributed by atoms with Gasteiger partial charge in [0.2, 0.25) is 0 Å². The molecule has 0 amide bonds. The third-order valence-electron chi connectivity index (χ3n) is 6.42. The van der Waals surface area contributed by atoms with E-state index in [1.165, 1.54) is 12.1 Å². The minimum absolute atomic E-state index is 0.0583.